The van der Waals surface area contributed by atoms with Crippen molar-refractivity contribution in [1.82, 2.24) is 0 Å². The molecule has 0 heterocycles. The number of nitrogens with two attached hydrogens (primary N) is 1. The number of sulfonamides is 1. The van der Waals surface area contributed by atoms with E-state index in [1.54, 1.807) is 12.1 Å². The van der Waals surface area contributed by atoms with Crippen LogP contribution in [0, 0.1) is 23.2 Å². The maximum absolute atomic E-state index is 11.1. The van der Waals surface area contributed by atoms with Crippen LogP contribution in [-0.4, -0.2) is 8.42 Å². The Morgan fingerprint density at radius 2 is 1.95 bits per heavy atom. The molecule has 1 saturated carbocycles. The lowest BCUT2D eigenvalue weighted by Gasteiger charge is -2.16. The summed E-state index contributed by atoms with van der Waals surface area (Å²) in [6.45, 7) is 4.68. The maximum Gasteiger partial charge on any atom is 0.238 e. The van der Waals surface area contributed by atoms with Gasteiger partial charge in [-0.05, 0) is 61.3 Å². The van der Waals surface area contributed by atoms with Gasteiger partial charge in [0.15, 0.2) is 0 Å². The van der Waals surface area contributed by atoms with Gasteiger partial charge < -0.3 is 0 Å². The summed E-state index contributed by atoms with van der Waals surface area (Å²) in [5.41, 5.74) is 1.33. The highest BCUT2D eigenvalue weighted by Gasteiger charge is 2.29. The second-order valence-electron chi connectivity index (χ2n) is 6.68. The molecule has 1 aromatic rings. The van der Waals surface area contributed by atoms with E-state index in [2.05, 4.69) is 25.7 Å². The highest BCUT2D eigenvalue weighted by molar-refractivity contribution is 7.89. The van der Waals surface area contributed by atoms with E-state index in [0.717, 1.165) is 24.3 Å². The molecule has 2 rings (SSSR count). The molecular weight excluding hydrogens is 282 g/mol. The van der Waals surface area contributed by atoms with Crippen molar-refractivity contribution in [2.45, 2.75) is 50.8 Å². The summed E-state index contributed by atoms with van der Waals surface area (Å²) >= 11 is 0. The van der Waals surface area contributed by atoms with Crippen molar-refractivity contribution >= 4 is 10.0 Å². The summed E-state index contributed by atoms with van der Waals surface area (Å²) in [4.78, 5) is 0.126. The Kier molecular flexibility index (Phi) is 4.75. The van der Waals surface area contributed by atoms with Crippen LogP contribution in [-0.2, 0) is 10.0 Å². The van der Waals surface area contributed by atoms with Gasteiger partial charge >= 0.3 is 0 Å². The number of benzene rings is 1. The average molecular weight is 305 g/mol. The number of primary sulfonamides is 1. The van der Waals surface area contributed by atoms with Gasteiger partial charge in [-0.1, -0.05) is 25.7 Å². The van der Waals surface area contributed by atoms with Gasteiger partial charge in [0.05, 0.1) is 4.90 Å². The first kappa shape index (κ1) is 16.1. The third kappa shape index (κ3) is 4.87. The molecule has 0 amide bonds. The summed E-state index contributed by atoms with van der Waals surface area (Å²) in [5.74, 6) is 7.07. The molecule has 114 valence electrons. The first-order chi connectivity index (χ1) is 9.76. The third-order valence-corrected chi connectivity index (χ3v) is 5.09. The molecular formula is C17H23NO2S. The minimum absolute atomic E-state index is 0.126. The molecule has 3 nitrogen and oxygen atoms in total. The zero-order valence-electron chi connectivity index (χ0n) is 12.7. The quantitative estimate of drug-likeness (QED) is 0.871. The van der Waals surface area contributed by atoms with Crippen molar-refractivity contribution in [3.8, 4) is 11.8 Å². The molecule has 1 aliphatic rings. The largest absolute Gasteiger partial charge is 0.238 e. The van der Waals surface area contributed by atoms with Crippen LogP contribution < -0.4 is 5.14 Å². The zero-order valence-corrected chi connectivity index (χ0v) is 13.5. The summed E-state index contributed by atoms with van der Waals surface area (Å²) in [6, 6.07) is 6.40. The number of rotatable bonds is 3. The van der Waals surface area contributed by atoms with Crippen LogP contribution in [0.4, 0.5) is 0 Å². The van der Waals surface area contributed by atoms with E-state index in [1.165, 1.54) is 31.4 Å². The Balaban J connectivity index is 1.86. The molecule has 0 radical (unpaired) electrons. The van der Waals surface area contributed by atoms with Crippen LogP contribution in [0.3, 0.4) is 0 Å². The highest BCUT2D eigenvalue weighted by Crippen LogP contribution is 2.42. The molecule has 0 saturated heterocycles. The molecule has 0 bridgehead atoms. The van der Waals surface area contributed by atoms with E-state index in [4.69, 9.17) is 5.14 Å². The standard InChI is InChI=1S/C17H23NO2S/c1-17(2)12-11-15(13-17)6-4-3-5-14-7-9-16(10-8-14)21(18,19)20/h7-10,15H,4,6,11-13H2,1-2H3,(H2,18,19,20). The number of hydrogen-bond donors (Lipinski definition) is 1. The van der Waals surface area contributed by atoms with E-state index in [0.29, 0.717) is 5.41 Å². The fourth-order valence-electron chi connectivity index (χ4n) is 3.00. The van der Waals surface area contributed by atoms with Crippen LogP contribution in [0.2, 0.25) is 0 Å². The van der Waals surface area contributed by atoms with Gasteiger partial charge in [-0.3, -0.25) is 0 Å². The normalized spacial score (nSPS) is 20.8. The molecule has 1 aromatic carbocycles. The smallest absolute Gasteiger partial charge is 0.225 e. The molecule has 21 heavy (non-hydrogen) atoms. The van der Waals surface area contributed by atoms with E-state index >= 15 is 0 Å². The fourth-order valence-corrected chi connectivity index (χ4v) is 3.51. The highest BCUT2D eigenvalue weighted by atomic mass is 32.2. The van der Waals surface area contributed by atoms with E-state index in [9.17, 15) is 8.42 Å². The Bertz CT molecular complexity index is 648. The molecule has 1 aliphatic carbocycles. The van der Waals surface area contributed by atoms with E-state index in [1.807, 2.05) is 0 Å². The second-order valence-corrected chi connectivity index (χ2v) is 8.24. The lowest BCUT2D eigenvalue weighted by molar-refractivity contribution is 0.355. The van der Waals surface area contributed by atoms with E-state index in [-0.39, 0.29) is 4.90 Å². The van der Waals surface area contributed by atoms with Gasteiger partial charge in [-0.2, -0.15) is 0 Å². The Morgan fingerprint density at radius 3 is 2.48 bits per heavy atom. The summed E-state index contributed by atoms with van der Waals surface area (Å²) in [5, 5.41) is 5.06. The first-order valence-corrected chi connectivity index (χ1v) is 8.93. The lowest BCUT2D eigenvalue weighted by atomic mass is 9.89. The predicted molar refractivity (Wildman–Crippen MR) is 85.0 cm³/mol. The van der Waals surface area contributed by atoms with Crippen molar-refractivity contribution in [2.75, 3.05) is 0 Å². The molecule has 0 aromatic heterocycles. The molecule has 0 aliphatic heterocycles. The van der Waals surface area contributed by atoms with Crippen LogP contribution in [0.1, 0.15) is 51.5 Å². The SMILES string of the molecule is CC1(C)CCC(CCC#Cc2ccc(S(N)(=O)=O)cc2)C1. The van der Waals surface area contributed by atoms with Crippen LogP contribution in [0.25, 0.3) is 0 Å². The summed E-state index contributed by atoms with van der Waals surface area (Å²) < 4.78 is 22.3. The molecule has 1 fully saturated rings. The van der Waals surface area contributed by atoms with Crippen molar-refractivity contribution < 1.29 is 8.42 Å². The molecule has 1 atom stereocenters. The second kappa shape index (κ2) is 6.21. The zero-order chi connectivity index (χ0) is 15.5. The van der Waals surface area contributed by atoms with Gasteiger partial charge in [0.2, 0.25) is 10.0 Å². The first-order valence-electron chi connectivity index (χ1n) is 7.38. The monoisotopic (exact) mass is 305 g/mol. The molecule has 2 N–H and O–H groups in total. The predicted octanol–water partition coefficient (Wildman–Crippen LogP) is 3.29. The van der Waals surface area contributed by atoms with Crippen molar-refractivity contribution in [2.24, 2.45) is 16.5 Å². The fraction of sp³-hybridized carbons (Fsp3) is 0.529. The van der Waals surface area contributed by atoms with Gasteiger partial charge in [0.25, 0.3) is 0 Å². The Hall–Kier alpha value is -1.31. The topological polar surface area (TPSA) is 60.2 Å². The maximum atomic E-state index is 11.1. The minimum atomic E-state index is -3.62. The van der Waals surface area contributed by atoms with Gasteiger partial charge in [-0.15, -0.1) is 0 Å². The lowest BCUT2D eigenvalue weighted by Crippen LogP contribution is -2.11. The summed E-state index contributed by atoms with van der Waals surface area (Å²) in [6.07, 6.45) is 6.00. The number of hydrogen-bond acceptors (Lipinski definition) is 2. The van der Waals surface area contributed by atoms with E-state index < -0.39 is 10.0 Å². The van der Waals surface area contributed by atoms with Gasteiger partial charge in [-0.25, -0.2) is 13.6 Å². The van der Waals surface area contributed by atoms with Crippen molar-refractivity contribution in [1.29, 1.82) is 0 Å². The third-order valence-electron chi connectivity index (χ3n) is 4.16. The van der Waals surface area contributed by atoms with Crippen LogP contribution in [0.15, 0.2) is 29.2 Å². The Labute approximate surface area is 128 Å². The molecule has 0 spiro atoms. The van der Waals surface area contributed by atoms with Crippen molar-refractivity contribution in [3.05, 3.63) is 29.8 Å². The van der Waals surface area contributed by atoms with Gasteiger partial charge in [0, 0.05) is 12.0 Å². The molecule has 4 heteroatoms. The minimum Gasteiger partial charge on any atom is -0.225 e. The van der Waals surface area contributed by atoms with Gasteiger partial charge in [0.1, 0.15) is 0 Å². The average Bonchev–Trinajstić information content (AvgIpc) is 2.74. The van der Waals surface area contributed by atoms with Crippen LogP contribution >= 0.6 is 0 Å². The molecule has 1 unspecified atom stereocenters. The van der Waals surface area contributed by atoms with Crippen molar-refractivity contribution in [3.63, 3.8) is 0 Å². The summed E-state index contributed by atoms with van der Waals surface area (Å²) in [7, 11) is -3.62. The van der Waals surface area contributed by atoms with Crippen LogP contribution in [0.5, 0.6) is 0 Å². The Morgan fingerprint density at radius 1 is 1.29 bits per heavy atom.